The van der Waals surface area contributed by atoms with Crippen LogP contribution in [0, 0.1) is 5.41 Å². The van der Waals surface area contributed by atoms with Gasteiger partial charge in [-0.3, -0.25) is 24.0 Å². The van der Waals surface area contributed by atoms with E-state index < -0.39 is 93.0 Å². The number of ether oxygens (including phenoxy) is 2. The minimum atomic E-state index is -1.03. The van der Waals surface area contributed by atoms with Crippen LogP contribution in [0.3, 0.4) is 0 Å². The molecule has 0 saturated carbocycles. The Morgan fingerprint density at radius 3 is 1.52 bits per heavy atom. The Labute approximate surface area is 333 Å². The lowest BCUT2D eigenvalue weighted by atomic mass is 9.95. The second-order valence-corrected chi connectivity index (χ2v) is 19.4. The van der Waals surface area contributed by atoms with Gasteiger partial charge in [0.05, 0.1) is 5.41 Å². The van der Waals surface area contributed by atoms with E-state index in [0.29, 0.717) is 11.1 Å². The van der Waals surface area contributed by atoms with Gasteiger partial charge in [0, 0.05) is 9.49 Å². The molecule has 2 aromatic rings. The van der Waals surface area contributed by atoms with Crippen LogP contribution in [-0.2, 0) is 43.0 Å². The number of carbonyl (C=O) groups is 7. The van der Waals surface area contributed by atoms with Gasteiger partial charge in [-0.05, 0) is 59.6 Å². The van der Waals surface area contributed by atoms with Gasteiger partial charge in [-0.25, -0.2) is 9.59 Å². The molecular formula is C38H48N6O10S2. The maximum Gasteiger partial charge on any atom is 0.333 e. The average molecular weight is 813 g/mol. The average Bonchev–Trinajstić information content (AvgIpc) is 3.56. The molecule has 4 aliphatic heterocycles. The smallest absolute Gasteiger partial charge is 0.333 e. The summed E-state index contributed by atoms with van der Waals surface area (Å²) in [5.41, 5.74) is 12.5. The summed E-state index contributed by atoms with van der Waals surface area (Å²) in [6.07, 6.45) is 0. The fraction of sp³-hybridized carbons (Fsp3) is 0.500. The first-order valence-electron chi connectivity index (χ1n) is 17.9. The number of fused-ring (bicyclic) bond motifs is 2. The van der Waals surface area contributed by atoms with Gasteiger partial charge in [-0.2, -0.15) is 0 Å². The van der Waals surface area contributed by atoms with E-state index in [4.69, 9.17) is 20.9 Å². The molecule has 56 heavy (non-hydrogen) atoms. The van der Waals surface area contributed by atoms with Crippen LogP contribution >= 0.6 is 23.5 Å². The summed E-state index contributed by atoms with van der Waals surface area (Å²) < 4.78 is 8.86. The number of thioether (sulfide) groups is 2. The van der Waals surface area contributed by atoms with Crippen LogP contribution in [0.5, 0.6) is 0 Å². The summed E-state index contributed by atoms with van der Waals surface area (Å²) in [5, 5.41) is 14.0. The monoisotopic (exact) mass is 812 g/mol. The van der Waals surface area contributed by atoms with Crippen LogP contribution in [0.4, 0.5) is 0 Å². The van der Waals surface area contributed by atoms with Gasteiger partial charge >= 0.3 is 17.9 Å². The van der Waals surface area contributed by atoms with E-state index in [-0.39, 0.29) is 17.2 Å². The van der Waals surface area contributed by atoms with Crippen molar-refractivity contribution < 1.29 is 48.1 Å². The van der Waals surface area contributed by atoms with Crippen LogP contribution in [0.1, 0.15) is 71.7 Å². The second-order valence-electron chi connectivity index (χ2n) is 15.9. The lowest BCUT2D eigenvalue weighted by molar-refractivity contribution is -0.180. The number of nitrogens with two attached hydrogens (primary N) is 2. The number of nitrogens with one attached hydrogen (secondary N) is 2. The minimum Gasteiger partial charge on any atom is -0.480 e. The number of benzene rings is 2. The summed E-state index contributed by atoms with van der Waals surface area (Å²) in [5.74, 6) is -3.86. The molecule has 4 aliphatic rings. The van der Waals surface area contributed by atoms with Crippen LogP contribution in [0.25, 0.3) is 0 Å². The molecule has 4 amide bonds. The van der Waals surface area contributed by atoms with Crippen LogP contribution < -0.4 is 22.1 Å². The van der Waals surface area contributed by atoms with Crippen molar-refractivity contribution in [3.05, 3.63) is 71.8 Å². The molecular weight excluding hydrogens is 765 g/mol. The zero-order valence-corrected chi connectivity index (χ0v) is 33.7. The maximum absolute atomic E-state index is 12.8. The second kappa shape index (κ2) is 16.1. The molecule has 4 heterocycles. The van der Waals surface area contributed by atoms with Crippen LogP contribution in [0.15, 0.2) is 60.7 Å². The Morgan fingerprint density at radius 1 is 0.732 bits per heavy atom. The lowest BCUT2D eigenvalue weighted by Gasteiger charge is -2.44. The quantitative estimate of drug-likeness (QED) is 0.130. The zero-order chi connectivity index (χ0) is 41.5. The molecule has 6 rings (SSSR count). The summed E-state index contributed by atoms with van der Waals surface area (Å²) in [4.78, 5) is 88.8. The molecule has 0 unspecified atom stereocenters. The molecule has 4 saturated heterocycles. The van der Waals surface area contributed by atoms with E-state index in [0.717, 1.165) is 0 Å². The first-order valence-corrected chi connectivity index (χ1v) is 19.6. The van der Waals surface area contributed by atoms with Crippen molar-refractivity contribution in [1.29, 1.82) is 0 Å². The Kier molecular flexibility index (Phi) is 12.2. The largest absolute Gasteiger partial charge is 0.480 e. The molecule has 0 radical (unpaired) electrons. The molecule has 18 heteroatoms. The fourth-order valence-corrected chi connectivity index (χ4v) is 10.1. The van der Waals surface area contributed by atoms with Gasteiger partial charge in [0.25, 0.3) is 0 Å². The number of hydrogen-bond donors (Lipinski definition) is 5. The molecule has 0 aromatic heterocycles. The molecule has 302 valence electrons. The number of carboxylic acids is 1. The number of esters is 2. The van der Waals surface area contributed by atoms with Crippen molar-refractivity contribution in [2.75, 3.05) is 6.79 Å². The molecule has 16 nitrogen and oxygen atoms in total. The van der Waals surface area contributed by atoms with E-state index in [1.165, 1.54) is 33.3 Å². The third-order valence-corrected chi connectivity index (χ3v) is 13.0. The number of hydrogen-bond acceptors (Lipinski definition) is 13. The number of carboxylic acid groups (broad SMARTS) is 1. The number of rotatable bonds is 10. The summed E-state index contributed by atoms with van der Waals surface area (Å²) in [6, 6.07) is 12.7. The molecule has 0 bridgehead atoms. The van der Waals surface area contributed by atoms with Gasteiger partial charge in [-0.1, -0.05) is 60.7 Å². The van der Waals surface area contributed by atoms with Crippen molar-refractivity contribution in [3.63, 3.8) is 0 Å². The predicted molar refractivity (Wildman–Crippen MR) is 207 cm³/mol. The van der Waals surface area contributed by atoms with Crippen molar-refractivity contribution >= 4 is 65.1 Å². The minimum absolute atomic E-state index is 0.375. The number of carbonyl (C=O) groups excluding carboxylic acids is 6. The Morgan fingerprint density at radius 2 is 1.12 bits per heavy atom. The molecule has 4 fully saturated rings. The van der Waals surface area contributed by atoms with E-state index in [9.17, 15) is 38.7 Å². The van der Waals surface area contributed by atoms with Crippen molar-refractivity contribution in [3.8, 4) is 0 Å². The van der Waals surface area contributed by atoms with E-state index in [1.54, 1.807) is 83.1 Å². The molecule has 8 atom stereocenters. The summed E-state index contributed by atoms with van der Waals surface area (Å²) >= 11 is 2.78. The van der Waals surface area contributed by atoms with Gasteiger partial charge in [0.1, 0.15) is 47.0 Å². The third-order valence-electron chi connectivity index (χ3n) is 9.82. The van der Waals surface area contributed by atoms with E-state index in [2.05, 4.69) is 10.6 Å². The highest BCUT2D eigenvalue weighted by Gasteiger charge is 2.65. The molecule has 2 aromatic carbocycles. The van der Waals surface area contributed by atoms with Crippen molar-refractivity contribution in [2.24, 2.45) is 16.9 Å². The predicted octanol–water partition coefficient (Wildman–Crippen LogP) is 1.64. The van der Waals surface area contributed by atoms with Gasteiger partial charge < -0.3 is 46.5 Å². The number of amides is 4. The van der Waals surface area contributed by atoms with Crippen molar-refractivity contribution in [2.45, 2.75) is 105 Å². The Hall–Kier alpha value is -4.65. The highest BCUT2D eigenvalue weighted by atomic mass is 32.2. The molecule has 0 aliphatic carbocycles. The van der Waals surface area contributed by atoms with Crippen molar-refractivity contribution in [1.82, 2.24) is 20.4 Å². The Bertz CT molecular complexity index is 1870. The standard InChI is InChI=1S/C22H29N3O6S.C16H19N3O4S/c1-21(2,3)20(29)31-11-30-19(28)15-22(4,5)32-18-14(17(27)25(15)18)24-16(26)13(23)12-9-7-6-8-10-12;1-16(2)11(15(22)23)19-13(21)10(14(19)24-16)18-12(20)9(17)8-6-4-3-5-7-8/h6-10,13-15,18H,11,23H2,1-5H3,(H,24,26);3-7,9-11,14H,17H2,1-2H3,(H,18,20)(H,22,23)/t13-,14-,15+,18-;9-,10-,11+,14-/m11/s1. The van der Waals surface area contributed by atoms with E-state index >= 15 is 0 Å². The Balaban J connectivity index is 0.000000223. The number of nitrogens with zero attached hydrogens (tertiary/aromatic N) is 2. The number of aliphatic carboxylic acids is 1. The topological polar surface area (TPSA) is 241 Å². The van der Waals surface area contributed by atoms with E-state index in [1.807, 2.05) is 26.0 Å². The summed E-state index contributed by atoms with van der Waals surface area (Å²) in [7, 11) is 0. The highest BCUT2D eigenvalue weighted by Crippen LogP contribution is 2.52. The maximum atomic E-state index is 12.8. The molecule has 0 spiro atoms. The first-order chi connectivity index (χ1) is 26.1. The SMILES string of the molecule is CC(C)(C)C(=O)OCOC(=O)[C@@H]1N2C(=O)[C@@H](NC(=O)[C@H](N)c3ccccc3)[C@H]2SC1(C)C.CC1(C)S[C@@H]2[C@H](NC(=O)[C@H](N)c3ccccc3)C(=O)N2[C@H]1C(=O)O. The summed E-state index contributed by atoms with van der Waals surface area (Å²) in [6.45, 7) is 11.8. The number of β-lactam (4-membered cyclic amide) rings is 2. The van der Waals surface area contributed by atoms with Gasteiger partial charge in [0.2, 0.25) is 30.4 Å². The fourth-order valence-electron chi connectivity index (χ4n) is 6.82. The molecule has 7 N–H and O–H groups in total. The van der Waals surface area contributed by atoms with Gasteiger partial charge in [-0.15, -0.1) is 23.5 Å². The lowest BCUT2D eigenvalue weighted by Crippen LogP contribution is -2.71. The first kappa shape index (κ1) is 42.5. The van der Waals surface area contributed by atoms with Crippen LogP contribution in [-0.4, -0.2) is 108 Å². The highest BCUT2D eigenvalue weighted by molar-refractivity contribution is 8.02. The van der Waals surface area contributed by atoms with Gasteiger partial charge in [0.15, 0.2) is 0 Å². The third kappa shape index (κ3) is 8.38. The normalized spacial score (nSPS) is 26.4. The zero-order valence-electron chi connectivity index (χ0n) is 32.1. The van der Waals surface area contributed by atoms with Crippen LogP contribution in [0.2, 0.25) is 0 Å².